The van der Waals surface area contributed by atoms with E-state index >= 15 is 0 Å². The van der Waals surface area contributed by atoms with Crippen LogP contribution in [0.3, 0.4) is 0 Å². The summed E-state index contributed by atoms with van der Waals surface area (Å²) in [6.45, 7) is 2.83. The van der Waals surface area contributed by atoms with Crippen LogP contribution in [0.4, 0.5) is 0 Å². The highest BCUT2D eigenvalue weighted by molar-refractivity contribution is 6.44. The standard InChI is InChI=1S/C18H25BN2O6/c1-2-3-12(20)8-15(22)21-9-13(10-21)26-14-5-4-11-6-7-19(25)27-17(11)16(14)18(23)24/h4-5,12-13,25H,2-3,6-10,20H2,1H3,(H,23,24). The highest BCUT2D eigenvalue weighted by Crippen LogP contribution is 2.37. The fourth-order valence-electron chi connectivity index (χ4n) is 3.44. The van der Waals surface area contributed by atoms with Crippen molar-refractivity contribution in [1.29, 1.82) is 0 Å². The minimum Gasteiger partial charge on any atom is -0.535 e. The molecule has 0 aliphatic carbocycles. The van der Waals surface area contributed by atoms with E-state index in [0.29, 0.717) is 32.3 Å². The summed E-state index contributed by atoms with van der Waals surface area (Å²) in [4.78, 5) is 25.5. The zero-order valence-electron chi connectivity index (χ0n) is 15.4. The van der Waals surface area contributed by atoms with Gasteiger partial charge in [-0.05, 0) is 30.8 Å². The number of hydrogen-bond acceptors (Lipinski definition) is 6. The van der Waals surface area contributed by atoms with Crippen molar-refractivity contribution in [2.24, 2.45) is 5.73 Å². The number of aromatic carboxylic acids is 1. The summed E-state index contributed by atoms with van der Waals surface area (Å²) >= 11 is 0. The molecule has 8 nitrogen and oxygen atoms in total. The van der Waals surface area contributed by atoms with E-state index < -0.39 is 13.1 Å². The number of carbonyl (C=O) groups excluding carboxylic acids is 1. The molecule has 2 heterocycles. The van der Waals surface area contributed by atoms with Crippen LogP contribution in [0.2, 0.25) is 6.32 Å². The van der Waals surface area contributed by atoms with Gasteiger partial charge in [-0.3, -0.25) is 4.79 Å². The second-order valence-corrected chi connectivity index (χ2v) is 7.13. The molecule has 146 valence electrons. The third-order valence-corrected chi connectivity index (χ3v) is 4.92. The number of nitrogens with two attached hydrogens (primary N) is 1. The van der Waals surface area contributed by atoms with Gasteiger partial charge in [0.25, 0.3) is 0 Å². The minimum atomic E-state index is -1.17. The van der Waals surface area contributed by atoms with Gasteiger partial charge in [-0.25, -0.2) is 4.79 Å². The Kier molecular flexibility index (Phi) is 5.91. The van der Waals surface area contributed by atoms with Gasteiger partial charge >= 0.3 is 13.1 Å². The number of carboxylic acids is 1. The van der Waals surface area contributed by atoms with E-state index in [9.17, 15) is 19.7 Å². The van der Waals surface area contributed by atoms with Crippen LogP contribution >= 0.6 is 0 Å². The van der Waals surface area contributed by atoms with Gasteiger partial charge in [-0.2, -0.15) is 0 Å². The van der Waals surface area contributed by atoms with E-state index in [1.165, 1.54) is 0 Å². The van der Waals surface area contributed by atoms with Gasteiger partial charge in [0.1, 0.15) is 23.2 Å². The molecule has 2 aliphatic heterocycles. The van der Waals surface area contributed by atoms with Crippen LogP contribution in [0.5, 0.6) is 11.5 Å². The number of ether oxygens (including phenoxy) is 1. The first kappa shape index (κ1) is 19.5. The number of nitrogens with zero attached hydrogens (tertiary/aromatic N) is 1. The summed E-state index contributed by atoms with van der Waals surface area (Å²) in [5, 5.41) is 19.3. The molecule has 1 saturated heterocycles. The monoisotopic (exact) mass is 376 g/mol. The van der Waals surface area contributed by atoms with Gasteiger partial charge in [-0.1, -0.05) is 19.4 Å². The molecule has 27 heavy (non-hydrogen) atoms. The normalized spacial score (nSPS) is 17.6. The number of carbonyl (C=O) groups is 2. The number of amides is 1. The fourth-order valence-corrected chi connectivity index (χ4v) is 3.44. The summed E-state index contributed by atoms with van der Waals surface area (Å²) in [6, 6.07) is 3.24. The zero-order chi connectivity index (χ0) is 19.6. The Bertz CT molecular complexity index is 722. The summed E-state index contributed by atoms with van der Waals surface area (Å²) in [6.07, 6.45) is 2.75. The Labute approximate surface area is 158 Å². The SMILES string of the molecule is CCCC(N)CC(=O)N1CC(Oc2ccc3c(c2C(=O)O)OB(O)CC3)C1. The largest absolute Gasteiger partial charge is 0.535 e. The predicted molar refractivity (Wildman–Crippen MR) is 99.0 cm³/mol. The molecular weight excluding hydrogens is 351 g/mol. The molecule has 0 spiro atoms. The first-order valence-electron chi connectivity index (χ1n) is 9.33. The van der Waals surface area contributed by atoms with Crippen LogP contribution < -0.4 is 15.1 Å². The van der Waals surface area contributed by atoms with Gasteiger partial charge in [-0.15, -0.1) is 0 Å². The van der Waals surface area contributed by atoms with Crippen molar-refractivity contribution in [2.75, 3.05) is 13.1 Å². The van der Waals surface area contributed by atoms with E-state index in [4.69, 9.17) is 15.1 Å². The lowest BCUT2D eigenvalue weighted by atomic mass is 9.78. The highest BCUT2D eigenvalue weighted by atomic mass is 16.5. The van der Waals surface area contributed by atoms with Gasteiger partial charge in [0.15, 0.2) is 0 Å². The average molecular weight is 376 g/mol. The Hall–Kier alpha value is -2.26. The van der Waals surface area contributed by atoms with Crippen LogP contribution in [0.15, 0.2) is 12.1 Å². The van der Waals surface area contributed by atoms with E-state index in [1.807, 2.05) is 6.92 Å². The lowest BCUT2D eigenvalue weighted by molar-refractivity contribution is -0.140. The van der Waals surface area contributed by atoms with Crippen LogP contribution in [0.25, 0.3) is 0 Å². The van der Waals surface area contributed by atoms with Crippen LogP contribution in [-0.2, 0) is 11.2 Å². The number of fused-ring (bicyclic) bond motifs is 1. The maximum atomic E-state index is 12.2. The van der Waals surface area contributed by atoms with Crippen molar-refractivity contribution in [1.82, 2.24) is 4.90 Å². The van der Waals surface area contributed by atoms with Crippen molar-refractivity contribution in [3.63, 3.8) is 0 Å². The van der Waals surface area contributed by atoms with Gasteiger partial charge in [0.2, 0.25) is 5.91 Å². The van der Waals surface area contributed by atoms with E-state index in [2.05, 4.69) is 0 Å². The fraction of sp³-hybridized carbons (Fsp3) is 0.556. The summed E-state index contributed by atoms with van der Waals surface area (Å²) in [5.41, 5.74) is 6.56. The van der Waals surface area contributed by atoms with E-state index in [-0.39, 0.29) is 35.1 Å². The van der Waals surface area contributed by atoms with Crippen LogP contribution in [-0.4, -0.2) is 59.3 Å². The quantitative estimate of drug-likeness (QED) is 0.605. The number of rotatable bonds is 7. The molecule has 2 aliphatic rings. The number of benzene rings is 1. The van der Waals surface area contributed by atoms with Crippen molar-refractivity contribution in [3.8, 4) is 11.5 Å². The van der Waals surface area contributed by atoms with Gasteiger partial charge < -0.3 is 30.2 Å². The smallest absolute Gasteiger partial charge is 0.522 e. The van der Waals surface area contributed by atoms with Crippen LogP contribution in [0, 0.1) is 0 Å². The highest BCUT2D eigenvalue weighted by Gasteiger charge is 2.35. The Morgan fingerprint density at radius 3 is 2.85 bits per heavy atom. The van der Waals surface area contributed by atoms with Crippen molar-refractivity contribution in [2.45, 2.75) is 51.1 Å². The maximum absolute atomic E-state index is 12.2. The second-order valence-electron chi connectivity index (χ2n) is 7.13. The van der Waals surface area contributed by atoms with Gasteiger partial charge in [0, 0.05) is 12.5 Å². The molecule has 1 atom stereocenters. The number of carboxylic acid groups (broad SMARTS) is 1. The topological polar surface area (TPSA) is 122 Å². The number of likely N-dealkylation sites (tertiary alicyclic amines) is 1. The van der Waals surface area contributed by atoms with E-state index in [0.717, 1.165) is 18.4 Å². The molecular formula is C18H25BN2O6. The molecule has 0 saturated carbocycles. The number of aryl methyl sites for hydroxylation is 1. The molecule has 0 radical (unpaired) electrons. The van der Waals surface area contributed by atoms with Crippen molar-refractivity contribution in [3.05, 3.63) is 23.3 Å². The molecule has 1 aromatic carbocycles. The molecule has 9 heteroatoms. The lowest BCUT2D eigenvalue weighted by Gasteiger charge is -2.39. The van der Waals surface area contributed by atoms with Gasteiger partial charge in [0.05, 0.1) is 13.1 Å². The zero-order valence-corrected chi connectivity index (χ0v) is 15.4. The molecule has 3 rings (SSSR count). The Balaban J connectivity index is 1.63. The molecule has 4 N–H and O–H groups in total. The third-order valence-electron chi connectivity index (χ3n) is 4.92. The third kappa shape index (κ3) is 4.36. The second kappa shape index (κ2) is 8.18. The van der Waals surface area contributed by atoms with E-state index in [1.54, 1.807) is 17.0 Å². The number of hydrogen-bond donors (Lipinski definition) is 3. The summed E-state index contributed by atoms with van der Waals surface area (Å²) in [5.74, 6) is -0.827. The maximum Gasteiger partial charge on any atom is 0.522 e. The predicted octanol–water partition coefficient (Wildman–Crippen LogP) is 0.907. The average Bonchev–Trinajstić information content (AvgIpc) is 2.56. The molecule has 1 unspecified atom stereocenters. The Morgan fingerprint density at radius 1 is 1.44 bits per heavy atom. The van der Waals surface area contributed by atoms with Crippen molar-refractivity contribution >= 4 is 19.0 Å². The minimum absolute atomic E-state index is 0.00819. The molecule has 0 bridgehead atoms. The van der Waals surface area contributed by atoms with Crippen LogP contribution in [0.1, 0.15) is 42.1 Å². The van der Waals surface area contributed by atoms with Crippen molar-refractivity contribution < 1.29 is 29.1 Å². The molecule has 1 fully saturated rings. The molecule has 0 aromatic heterocycles. The molecule has 1 aromatic rings. The molecule has 1 amide bonds. The first-order valence-corrected chi connectivity index (χ1v) is 9.33. The first-order chi connectivity index (χ1) is 12.9. The lowest BCUT2D eigenvalue weighted by Crippen LogP contribution is -2.57. The summed E-state index contributed by atoms with van der Waals surface area (Å²) < 4.78 is 11.1. The summed E-state index contributed by atoms with van der Waals surface area (Å²) in [7, 11) is -1.02. The Morgan fingerprint density at radius 2 is 2.19 bits per heavy atom.